The Morgan fingerprint density at radius 1 is 1.07 bits per heavy atom. The molecule has 8 heteroatoms. The molecule has 0 unspecified atom stereocenters. The number of nitrogens with one attached hydrogen (secondary N) is 1. The third-order valence-electron chi connectivity index (χ3n) is 4.71. The van der Waals surface area contributed by atoms with Crippen LogP contribution in [0.4, 0.5) is 0 Å². The molecule has 0 saturated carbocycles. The lowest BCUT2D eigenvalue weighted by atomic mass is 10.1. The number of hydrogen-bond donors (Lipinski definition) is 2. The summed E-state index contributed by atoms with van der Waals surface area (Å²) in [6, 6.07) is 11.6. The second-order valence-electron chi connectivity index (χ2n) is 6.64. The second kappa shape index (κ2) is 6.84. The third kappa shape index (κ3) is 3.08. The molecule has 5 aromatic rings. The molecule has 0 bridgehead atoms. The van der Waals surface area contributed by atoms with Crippen molar-refractivity contribution in [2.45, 2.75) is 13.5 Å². The molecule has 0 spiro atoms. The van der Waals surface area contributed by atoms with Crippen LogP contribution < -0.4 is 11.3 Å². The summed E-state index contributed by atoms with van der Waals surface area (Å²) in [6.45, 7) is 2.08. The van der Waals surface area contributed by atoms with Gasteiger partial charge in [0.15, 0.2) is 5.65 Å². The predicted molar refractivity (Wildman–Crippen MR) is 115 cm³/mol. The fraction of sp³-hybridized carbons (Fsp3) is 0.0952. The predicted octanol–water partition coefficient (Wildman–Crippen LogP) is 3.42. The van der Waals surface area contributed by atoms with Crippen molar-refractivity contribution in [3.63, 3.8) is 0 Å². The van der Waals surface area contributed by atoms with Crippen LogP contribution in [0.5, 0.6) is 0 Å². The highest BCUT2D eigenvalue weighted by molar-refractivity contribution is 7.15. The van der Waals surface area contributed by atoms with Gasteiger partial charge in [-0.3, -0.25) is 9.78 Å². The number of pyridine rings is 2. The summed E-state index contributed by atoms with van der Waals surface area (Å²) in [5, 5.41) is 1.95. The van der Waals surface area contributed by atoms with Crippen LogP contribution in [0.3, 0.4) is 0 Å². The Balaban J connectivity index is 1.82. The molecule has 1 aromatic carbocycles. The molecule has 3 N–H and O–H groups in total. The lowest BCUT2D eigenvalue weighted by Gasteiger charge is -2.10. The number of nitrogens with two attached hydrogens (primary N) is 1. The standard InChI is InChI=1S/C21H16N6OS/c1-11-24-10-17(29-11)19-18(13-4-5-15-12(7-13)3-2-6-23-15)25-16-8-14(9-22)21(28)27-20(16)26-19/h2-8,10H,9,22H2,1H3,(H,26,27,28). The molecule has 0 amide bonds. The molecule has 142 valence electrons. The Kier molecular flexibility index (Phi) is 4.15. The average Bonchev–Trinajstić information content (AvgIpc) is 3.18. The van der Waals surface area contributed by atoms with Gasteiger partial charge in [0.25, 0.3) is 5.56 Å². The number of aryl methyl sites for hydroxylation is 1. The van der Waals surface area contributed by atoms with E-state index in [1.165, 1.54) is 11.3 Å². The normalized spacial score (nSPS) is 11.4. The minimum absolute atomic E-state index is 0.139. The topological polar surface area (TPSA) is 110 Å². The van der Waals surface area contributed by atoms with E-state index in [9.17, 15) is 4.79 Å². The molecule has 0 aliphatic carbocycles. The molecular weight excluding hydrogens is 384 g/mol. The van der Waals surface area contributed by atoms with Gasteiger partial charge >= 0.3 is 0 Å². The first-order chi connectivity index (χ1) is 14.1. The number of fused-ring (bicyclic) bond motifs is 2. The van der Waals surface area contributed by atoms with Crippen molar-refractivity contribution in [2.24, 2.45) is 5.73 Å². The molecule has 4 heterocycles. The summed E-state index contributed by atoms with van der Waals surface area (Å²) in [5.74, 6) is 0. The molecule has 0 aliphatic rings. The van der Waals surface area contributed by atoms with Crippen molar-refractivity contribution >= 4 is 33.4 Å². The molecule has 0 radical (unpaired) electrons. The van der Waals surface area contributed by atoms with Gasteiger partial charge in [-0.15, -0.1) is 11.3 Å². The highest BCUT2D eigenvalue weighted by Gasteiger charge is 2.17. The fourth-order valence-corrected chi connectivity index (χ4v) is 4.05. The average molecular weight is 400 g/mol. The molecule has 0 atom stereocenters. The number of benzene rings is 1. The summed E-state index contributed by atoms with van der Waals surface area (Å²) in [7, 11) is 0. The van der Waals surface area contributed by atoms with Crippen molar-refractivity contribution in [1.82, 2.24) is 24.9 Å². The van der Waals surface area contributed by atoms with E-state index in [4.69, 9.17) is 15.7 Å². The summed E-state index contributed by atoms with van der Waals surface area (Å²) in [6.07, 6.45) is 3.56. The van der Waals surface area contributed by atoms with Gasteiger partial charge in [-0.1, -0.05) is 12.1 Å². The summed E-state index contributed by atoms with van der Waals surface area (Å²) < 4.78 is 0. The highest BCUT2D eigenvalue weighted by atomic mass is 32.1. The maximum Gasteiger partial charge on any atom is 0.254 e. The lowest BCUT2D eigenvalue weighted by molar-refractivity contribution is 1.02. The number of H-pyrrole nitrogens is 1. The smallest absolute Gasteiger partial charge is 0.254 e. The van der Waals surface area contributed by atoms with Gasteiger partial charge in [0.1, 0.15) is 11.2 Å². The fourth-order valence-electron chi connectivity index (χ4n) is 3.28. The molecule has 29 heavy (non-hydrogen) atoms. The first-order valence-corrected chi connectivity index (χ1v) is 9.86. The van der Waals surface area contributed by atoms with Gasteiger partial charge in [0, 0.05) is 35.5 Å². The van der Waals surface area contributed by atoms with Crippen LogP contribution in [0.15, 0.2) is 53.6 Å². The van der Waals surface area contributed by atoms with Crippen molar-refractivity contribution < 1.29 is 0 Å². The maximum atomic E-state index is 12.2. The van der Waals surface area contributed by atoms with Crippen LogP contribution in [0.2, 0.25) is 0 Å². The Hall–Kier alpha value is -3.49. The number of aromatic amines is 1. The summed E-state index contributed by atoms with van der Waals surface area (Å²) in [4.78, 5) is 34.2. The monoisotopic (exact) mass is 400 g/mol. The largest absolute Gasteiger partial charge is 0.326 e. The first kappa shape index (κ1) is 17.6. The lowest BCUT2D eigenvalue weighted by Crippen LogP contribution is -2.16. The van der Waals surface area contributed by atoms with Crippen LogP contribution in [0.25, 0.3) is 43.9 Å². The molecule has 4 aromatic heterocycles. The van der Waals surface area contributed by atoms with E-state index >= 15 is 0 Å². The number of nitrogens with zero attached hydrogens (tertiary/aromatic N) is 4. The van der Waals surface area contributed by atoms with Gasteiger partial charge in [-0.05, 0) is 31.2 Å². The molecule has 0 aliphatic heterocycles. The van der Waals surface area contributed by atoms with Gasteiger partial charge in [0.2, 0.25) is 0 Å². The van der Waals surface area contributed by atoms with E-state index in [1.807, 2.05) is 37.3 Å². The van der Waals surface area contributed by atoms with E-state index < -0.39 is 0 Å². The minimum Gasteiger partial charge on any atom is -0.326 e. The molecule has 5 rings (SSSR count). The minimum atomic E-state index is -0.245. The zero-order chi connectivity index (χ0) is 20.0. The number of rotatable bonds is 3. The van der Waals surface area contributed by atoms with E-state index in [1.54, 1.807) is 18.5 Å². The maximum absolute atomic E-state index is 12.2. The zero-order valence-electron chi connectivity index (χ0n) is 15.5. The van der Waals surface area contributed by atoms with Crippen molar-refractivity contribution in [1.29, 1.82) is 0 Å². The van der Waals surface area contributed by atoms with Gasteiger partial charge in [-0.2, -0.15) is 0 Å². The first-order valence-electron chi connectivity index (χ1n) is 9.04. The van der Waals surface area contributed by atoms with E-state index in [2.05, 4.69) is 15.0 Å². The van der Waals surface area contributed by atoms with E-state index in [0.29, 0.717) is 22.4 Å². The summed E-state index contributed by atoms with van der Waals surface area (Å²) >= 11 is 1.54. The van der Waals surface area contributed by atoms with E-state index in [-0.39, 0.29) is 12.1 Å². The Morgan fingerprint density at radius 3 is 2.76 bits per heavy atom. The Bertz CT molecular complexity index is 1440. The highest BCUT2D eigenvalue weighted by Crippen LogP contribution is 2.34. The van der Waals surface area contributed by atoms with Crippen LogP contribution in [-0.2, 0) is 6.54 Å². The SMILES string of the molecule is Cc1ncc(-c2nc3[nH]c(=O)c(CN)cc3nc2-c2ccc3ncccc3c2)s1. The summed E-state index contributed by atoms with van der Waals surface area (Å²) in [5.41, 5.74) is 10.2. The van der Waals surface area contributed by atoms with Gasteiger partial charge in [-0.25, -0.2) is 15.0 Å². The van der Waals surface area contributed by atoms with Crippen LogP contribution in [0.1, 0.15) is 10.6 Å². The Labute approximate surface area is 169 Å². The van der Waals surface area contributed by atoms with Gasteiger partial charge < -0.3 is 10.7 Å². The molecular formula is C21H16N6OS. The second-order valence-corrected chi connectivity index (χ2v) is 7.87. The zero-order valence-corrected chi connectivity index (χ0v) is 16.3. The molecule has 0 saturated heterocycles. The van der Waals surface area contributed by atoms with Crippen LogP contribution >= 0.6 is 11.3 Å². The quantitative estimate of drug-likeness (QED) is 0.480. The van der Waals surface area contributed by atoms with Crippen molar-refractivity contribution in [2.75, 3.05) is 0 Å². The van der Waals surface area contributed by atoms with Crippen LogP contribution in [0, 0.1) is 6.92 Å². The molecule has 7 nitrogen and oxygen atoms in total. The Morgan fingerprint density at radius 2 is 1.97 bits per heavy atom. The number of hydrogen-bond acceptors (Lipinski definition) is 7. The van der Waals surface area contributed by atoms with Gasteiger partial charge in [0.05, 0.1) is 21.1 Å². The van der Waals surface area contributed by atoms with Crippen molar-refractivity contribution in [3.8, 4) is 21.8 Å². The van der Waals surface area contributed by atoms with E-state index in [0.717, 1.165) is 32.0 Å². The number of aromatic nitrogens is 5. The molecule has 0 fully saturated rings. The third-order valence-corrected chi connectivity index (χ3v) is 5.63. The van der Waals surface area contributed by atoms with Crippen LogP contribution in [-0.4, -0.2) is 24.9 Å². The number of thiazole rings is 1. The van der Waals surface area contributed by atoms with Crippen molar-refractivity contribution in [3.05, 3.63) is 69.7 Å².